The molecule has 0 aliphatic rings. The normalized spacial score (nSPS) is 10.6. The Bertz CT molecular complexity index is 922. The van der Waals surface area contributed by atoms with Gasteiger partial charge < -0.3 is 14.8 Å². The smallest absolute Gasteiger partial charge is 0.262 e. The van der Waals surface area contributed by atoms with Crippen LogP contribution in [0.1, 0.15) is 30.9 Å². The number of nitrogens with one attached hydrogen (secondary N) is 1. The van der Waals surface area contributed by atoms with Crippen molar-refractivity contribution in [1.82, 2.24) is 4.98 Å². The average Bonchev–Trinajstić information content (AvgIpc) is 2.69. The number of benzene rings is 2. The summed E-state index contributed by atoms with van der Waals surface area (Å²) in [6, 6.07) is 18.6. The molecule has 28 heavy (non-hydrogen) atoms. The molecule has 0 spiro atoms. The molecule has 1 N–H and O–H groups in total. The fourth-order valence-corrected chi connectivity index (χ4v) is 2.80. The number of pyridine rings is 1. The minimum Gasteiger partial charge on any atom is -0.484 e. The fourth-order valence-electron chi connectivity index (χ4n) is 2.80. The number of aromatic nitrogens is 1. The van der Waals surface area contributed by atoms with E-state index in [0.29, 0.717) is 23.3 Å². The van der Waals surface area contributed by atoms with Gasteiger partial charge in [0.1, 0.15) is 11.5 Å². The zero-order valence-electron chi connectivity index (χ0n) is 16.3. The van der Waals surface area contributed by atoms with E-state index in [0.717, 1.165) is 16.8 Å². The average molecular weight is 376 g/mol. The van der Waals surface area contributed by atoms with Crippen molar-refractivity contribution in [2.45, 2.75) is 26.7 Å². The summed E-state index contributed by atoms with van der Waals surface area (Å²) in [5.41, 5.74) is 3.02. The zero-order valence-corrected chi connectivity index (χ0v) is 16.3. The SMILES string of the molecule is Cc1cccc(C(C)C)c1NC(=O)COc1ccc(Oc2ccccn2)cc1. The molecule has 0 aliphatic carbocycles. The largest absolute Gasteiger partial charge is 0.484 e. The number of hydrogen-bond acceptors (Lipinski definition) is 4. The molecule has 0 atom stereocenters. The van der Waals surface area contributed by atoms with E-state index in [1.165, 1.54) is 0 Å². The molecule has 0 unspecified atom stereocenters. The van der Waals surface area contributed by atoms with Crippen LogP contribution in [0.15, 0.2) is 66.9 Å². The standard InChI is InChI=1S/C23H24N2O3/c1-16(2)20-8-6-7-17(3)23(20)25-21(26)15-27-18-10-12-19(13-11-18)28-22-9-4-5-14-24-22/h4-14,16H,15H2,1-3H3,(H,25,26). The second-order valence-corrected chi connectivity index (χ2v) is 6.77. The molecule has 0 saturated carbocycles. The Kier molecular flexibility index (Phi) is 6.27. The van der Waals surface area contributed by atoms with Gasteiger partial charge in [-0.2, -0.15) is 0 Å². The van der Waals surface area contributed by atoms with Gasteiger partial charge in [0.25, 0.3) is 5.91 Å². The van der Waals surface area contributed by atoms with Gasteiger partial charge in [0, 0.05) is 18.0 Å². The lowest BCUT2D eigenvalue weighted by Crippen LogP contribution is -2.21. The van der Waals surface area contributed by atoms with Gasteiger partial charge in [0.2, 0.25) is 5.88 Å². The fraction of sp³-hybridized carbons (Fsp3) is 0.217. The van der Waals surface area contributed by atoms with Crippen molar-refractivity contribution < 1.29 is 14.3 Å². The van der Waals surface area contributed by atoms with E-state index in [1.807, 2.05) is 37.3 Å². The number of carbonyl (C=O) groups is 1. The Labute approximate surface area is 165 Å². The van der Waals surface area contributed by atoms with E-state index in [-0.39, 0.29) is 12.5 Å². The highest BCUT2D eigenvalue weighted by atomic mass is 16.5. The predicted molar refractivity (Wildman–Crippen MR) is 110 cm³/mol. The Balaban J connectivity index is 1.57. The van der Waals surface area contributed by atoms with Gasteiger partial charge in [-0.05, 0) is 54.3 Å². The van der Waals surface area contributed by atoms with E-state index in [4.69, 9.17) is 9.47 Å². The lowest BCUT2D eigenvalue weighted by molar-refractivity contribution is -0.118. The summed E-state index contributed by atoms with van der Waals surface area (Å²) in [5, 5.41) is 2.98. The first-order valence-electron chi connectivity index (χ1n) is 9.24. The van der Waals surface area contributed by atoms with Gasteiger partial charge in [-0.15, -0.1) is 0 Å². The molecule has 144 valence electrons. The third-order valence-electron chi connectivity index (χ3n) is 4.25. The van der Waals surface area contributed by atoms with Crippen LogP contribution in [-0.4, -0.2) is 17.5 Å². The van der Waals surface area contributed by atoms with Crippen LogP contribution in [0.5, 0.6) is 17.4 Å². The molecule has 1 amide bonds. The van der Waals surface area contributed by atoms with Crippen molar-refractivity contribution in [3.8, 4) is 17.4 Å². The molecule has 5 nitrogen and oxygen atoms in total. The number of aryl methyl sites for hydroxylation is 1. The minimum absolute atomic E-state index is 0.0632. The molecule has 5 heteroatoms. The molecular formula is C23H24N2O3. The summed E-state index contributed by atoms with van der Waals surface area (Å²) < 4.78 is 11.2. The lowest BCUT2D eigenvalue weighted by atomic mass is 9.98. The van der Waals surface area contributed by atoms with Crippen LogP contribution in [0.2, 0.25) is 0 Å². The quantitative estimate of drug-likeness (QED) is 0.606. The summed E-state index contributed by atoms with van der Waals surface area (Å²) >= 11 is 0. The van der Waals surface area contributed by atoms with Gasteiger partial charge in [-0.25, -0.2) is 4.98 Å². The minimum atomic E-state index is -0.190. The third-order valence-corrected chi connectivity index (χ3v) is 4.25. The van der Waals surface area contributed by atoms with Gasteiger partial charge in [0.15, 0.2) is 6.61 Å². The third kappa shape index (κ3) is 5.10. The van der Waals surface area contributed by atoms with Crippen molar-refractivity contribution in [2.24, 2.45) is 0 Å². The Hall–Kier alpha value is -3.34. The van der Waals surface area contributed by atoms with E-state index >= 15 is 0 Å². The first-order valence-corrected chi connectivity index (χ1v) is 9.24. The highest BCUT2D eigenvalue weighted by Crippen LogP contribution is 2.27. The maximum atomic E-state index is 12.4. The van der Waals surface area contributed by atoms with E-state index < -0.39 is 0 Å². The maximum Gasteiger partial charge on any atom is 0.262 e. The van der Waals surface area contributed by atoms with Crippen LogP contribution in [-0.2, 0) is 4.79 Å². The maximum absolute atomic E-state index is 12.4. The first kappa shape index (κ1) is 19.4. The molecule has 0 saturated heterocycles. The van der Waals surface area contributed by atoms with E-state index in [9.17, 15) is 4.79 Å². The molecule has 2 aromatic carbocycles. The number of amides is 1. The molecule has 0 aliphatic heterocycles. The number of anilines is 1. The zero-order chi connectivity index (χ0) is 19.9. The summed E-state index contributed by atoms with van der Waals surface area (Å²) in [5.74, 6) is 1.90. The summed E-state index contributed by atoms with van der Waals surface area (Å²) in [4.78, 5) is 16.5. The van der Waals surface area contributed by atoms with Gasteiger partial charge in [-0.3, -0.25) is 4.79 Å². The topological polar surface area (TPSA) is 60.5 Å². The highest BCUT2D eigenvalue weighted by molar-refractivity contribution is 5.93. The molecular weight excluding hydrogens is 352 g/mol. The van der Waals surface area contributed by atoms with Crippen molar-refractivity contribution in [3.63, 3.8) is 0 Å². The number of hydrogen-bond donors (Lipinski definition) is 1. The Morgan fingerprint density at radius 3 is 2.43 bits per heavy atom. The van der Waals surface area contributed by atoms with Crippen LogP contribution < -0.4 is 14.8 Å². The highest BCUT2D eigenvalue weighted by Gasteiger charge is 2.12. The first-order chi connectivity index (χ1) is 13.5. The van der Waals surface area contributed by atoms with Gasteiger partial charge in [0.05, 0.1) is 0 Å². The Morgan fingerprint density at radius 1 is 1.00 bits per heavy atom. The van der Waals surface area contributed by atoms with Crippen LogP contribution in [0.4, 0.5) is 5.69 Å². The van der Waals surface area contributed by atoms with Crippen molar-refractivity contribution in [3.05, 3.63) is 78.0 Å². The van der Waals surface area contributed by atoms with Crippen LogP contribution in [0.25, 0.3) is 0 Å². The van der Waals surface area contributed by atoms with Crippen molar-refractivity contribution in [1.29, 1.82) is 0 Å². The van der Waals surface area contributed by atoms with Gasteiger partial charge in [-0.1, -0.05) is 38.1 Å². The molecule has 0 bridgehead atoms. The van der Waals surface area contributed by atoms with Crippen LogP contribution in [0.3, 0.4) is 0 Å². The number of para-hydroxylation sites is 1. The second kappa shape index (κ2) is 9.04. The van der Waals surface area contributed by atoms with Crippen molar-refractivity contribution in [2.75, 3.05) is 11.9 Å². The molecule has 3 rings (SSSR count). The predicted octanol–water partition coefficient (Wildman–Crippen LogP) is 5.32. The molecule has 0 radical (unpaired) electrons. The monoisotopic (exact) mass is 376 g/mol. The number of nitrogens with zero attached hydrogens (tertiary/aromatic N) is 1. The van der Waals surface area contributed by atoms with Gasteiger partial charge >= 0.3 is 0 Å². The summed E-state index contributed by atoms with van der Waals surface area (Å²) in [6.45, 7) is 6.14. The molecule has 1 aromatic heterocycles. The summed E-state index contributed by atoms with van der Waals surface area (Å²) in [6.07, 6.45) is 1.67. The van der Waals surface area contributed by atoms with Crippen LogP contribution >= 0.6 is 0 Å². The molecule has 0 fully saturated rings. The number of rotatable bonds is 7. The second-order valence-electron chi connectivity index (χ2n) is 6.77. The van der Waals surface area contributed by atoms with Crippen LogP contribution in [0, 0.1) is 6.92 Å². The number of carbonyl (C=O) groups excluding carboxylic acids is 1. The number of ether oxygens (including phenoxy) is 2. The van der Waals surface area contributed by atoms with E-state index in [1.54, 1.807) is 36.5 Å². The Morgan fingerprint density at radius 2 is 1.75 bits per heavy atom. The molecule has 1 heterocycles. The lowest BCUT2D eigenvalue weighted by Gasteiger charge is -2.16. The van der Waals surface area contributed by atoms with E-state index in [2.05, 4.69) is 24.1 Å². The molecule has 3 aromatic rings. The van der Waals surface area contributed by atoms with Crippen molar-refractivity contribution >= 4 is 11.6 Å². The summed E-state index contributed by atoms with van der Waals surface area (Å²) in [7, 11) is 0.